The first kappa shape index (κ1) is 10.8. The summed E-state index contributed by atoms with van der Waals surface area (Å²) in [6.45, 7) is -0.250. The molecular weight excluding hydrogens is 196 g/mol. The summed E-state index contributed by atoms with van der Waals surface area (Å²) in [4.78, 5) is 8.36. The van der Waals surface area contributed by atoms with Crippen molar-refractivity contribution in [1.82, 2.24) is 0 Å². The van der Waals surface area contributed by atoms with Crippen molar-refractivity contribution in [2.75, 3.05) is 0 Å². The fourth-order valence-electron chi connectivity index (χ4n) is 1.28. The Bertz CT molecular complexity index is 424. The van der Waals surface area contributed by atoms with Crippen LogP contribution in [0, 0.1) is 0 Å². The van der Waals surface area contributed by atoms with Gasteiger partial charge in [-0.1, -0.05) is 24.3 Å². The number of hydrogen-bond acceptors (Lipinski definition) is 3. The summed E-state index contributed by atoms with van der Waals surface area (Å²) < 4.78 is 0. The summed E-state index contributed by atoms with van der Waals surface area (Å²) >= 11 is 0. The molecule has 2 aromatic rings. The van der Waals surface area contributed by atoms with Gasteiger partial charge in [0, 0.05) is 10.8 Å². The molecule has 0 unspecified atom stereocenters. The minimum Gasteiger partial charge on any atom is -0.507 e. The second kappa shape index (κ2) is 4.85. The molecule has 0 heterocycles. The van der Waals surface area contributed by atoms with Crippen LogP contribution in [0.25, 0.3) is 10.8 Å². The molecule has 0 amide bonds. The Hall–Kier alpha value is -2.23. The molecule has 0 fully saturated rings. The molecule has 2 rings (SSSR count). The van der Waals surface area contributed by atoms with Crippen LogP contribution < -0.4 is 0 Å². The molecule has 15 heavy (non-hydrogen) atoms. The van der Waals surface area contributed by atoms with Crippen LogP contribution in [0.3, 0.4) is 0 Å². The number of fused-ring (bicyclic) bond motifs is 1. The molecule has 0 aromatic heterocycles. The van der Waals surface area contributed by atoms with Gasteiger partial charge < -0.3 is 15.3 Å². The highest BCUT2D eigenvalue weighted by atomic mass is 16.3. The molecule has 0 aliphatic rings. The van der Waals surface area contributed by atoms with Gasteiger partial charge in [-0.3, -0.25) is 4.79 Å². The Morgan fingerprint density at radius 2 is 1.20 bits per heavy atom. The Labute approximate surface area is 86.0 Å². The second-order valence-electron chi connectivity index (χ2n) is 2.75. The number of hydrogen-bond donors (Lipinski definition) is 3. The van der Waals surface area contributed by atoms with E-state index in [9.17, 15) is 10.2 Å². The van der Waals surface area contributed by atoms with Gasteiger partial charge in [0.25, 0.3) is 6.47 Å². The summed E-state index contributed by atoms with van der Waals surface area (Å²) in [6, 6.07) is 10.1. The van der Waals surface area contributed by atoms with E-state index in [0.717, 1.165) is 0 Å². The van der Waals surface area contributed by atoms with Gasteiger partial charge in [0.2, 0.25) is 0 Å². The van der Waals surface area contributed by atoms with Crippen LogP contribution in [0.2, 0.25) is 0 Å². The third-order valence-corrected chi connectivity index (χ3v) is 1.88. The maximum atomic E-state index is 9.38. The van der Waals surface area contributed by atoms with E-state index in [-0.39, 0.29) is 18.0 Å². The molecule has 0 saturated carbocycles. The van der Waals surface area contributed by atoms with Crippen molar-refractivity contribution in [2.45, 2.75) is 0 Å². The first-order valence-electron chi connectivity index (χ1n) is 4.18. The number of phenols is 2. The Kier molecular flexibility index (Phi) is 3.51. The highest BCUT2D eigenvalue weighted by molar-refractivity contribution is 5.92. The molecule has 0 saturated heterocycles. The molecule has 4 nitrogen and oxygen atoms in total. The summed E-state index contributed by atoms with van der Waals surface area (Å²) in [7, 11) is 0. The summed E-state index contributed by atoms with van der Waals surface area (Å²) in [5.41, 5.74) is 0. The first-order valence-corrected chi connectivity index (χ1v) is 4.18. The van der Waals surface area contributed by atoms with E-state index >= 15 is 0 Å². The first-order chi connectivity index (χ1) is 7.20. The number of phenolic OH excluding ortho intramolecular Hbond substituents is 2. The smallest absolute Gasteiger partial charge is 0.290 e. The molecule has 0 radical (unpaired) electrons. The topological polar surface area (TPSA) is 77.8 Å². The van der Waals surface area contributed by atoms with Crippen LogP contribution in [-0.2, 0) is 4.79 Å². The molecule has 0 bridgehead atoms. The molecule has 0 atom stereocenters. The third kappa shape index (κ3) is 2.37. The molecule has 4 heteroatoms. The predicted molar refractivity (Wildman–Crippen MR) is 56.0 cm³/mol. The zero-order valence-electron chi connectivity index (χ0n) is 7.79. The minimum absolute atomic E-state index is 0.198. The largest absolute Gasteiger partial charge is 0.507 e. The summed E-state index contributed by atoms with van der Waals surface area (Å²) in [5.74, 6) is 0.395. The average molecular weight is 206 g/mol. The van der Waals surface area contributed by atoms with Gasteiger partial charge >= 0.3 is 0 Å². The lowest BCUT2D eigenvalue weighted by Gasteiger charge is -2.01. The molecule has 0 aliphatic carbocycles. The maximum absolute atomic E-state index is 9.38. The van der Waals surface area contributed by atoms with Crippen LogP contribution in [0.15, 0.2) is 36.4 Å². The molecule has 0 spiro atoms. The van der Waals surface area contributed by atoms with Crippen LogP contribution in [0.4, 0.5) is 0 Å². The lowest BCUT2D eigenvalue weighted by Crippen LogP contribution is -1.73. The molecule has 2 aromatic carbocycles. The average Bonchev–Trinajstić information content (AvgIpc) is 2.21. The van der Waals surface area contributed by atoms with Crippen molar-refractivity contribution >= 4 is 17.2 Å². The van der Waals surface area contributed by atoms with E-state index in [4.69, 9.17) is 9.90 Å². The second-order valence-corrected chi connectivity index (χ2v) is 2.75. The Morgan fingerprint density at radius 3 is 1.53 bits per heavy atom. The van der Waals surface area contributed by atoms with E-state index < -0.39 is 0 Å². The highest BCUT2D eigenvalue weighted by Gasteiger charge is 2.00. The maximum Gasteiger partial charge on any atom is 0.290 e. The highest BCUT2D eigenvalue weighted by Crippen LogP contribution is 2.29. The quantitative estimate of drug-likeness (QED) is 0.576. The van der Waals surface area contributed by atoms with E-state index in [1.165, 1.54) is 0 Å². The van der Waals surface area contributed by atoms with Gasteiger partial charge in [0.15, 0.2) is 0 Å². The summed E-state index contributed by atoms with van der Waals surface area (Å²) in [6.07, 6.45) is 0. The van der Waals surface area contributed by atoms with Gasteiger partial charge in [0.05, 0.1) is 0 Å². The predicted octanol–water partition coefficient (Wildman–Crippen LogP) is 1.95. The fraction of sp³-hybridized carbons (Fsp3) is 0. The Balaban J connectivity index is 0.000000337. The van der Waals surface area contributed by atoms with Crippen LogP contribution >= 0.6 is 0 Å². The molecule has 0 aliphatic heterocycles. The van der Waals surface area contributed by atoms with Gasteiger partial charge in [-0.15, -0.1) is 0 Å². The van der Waals surface area contributed by atoms with Crippen LogP contribution in [0.5, 0.6) is 11.5 Å². The van der Waals surface area contributed by atoms with Crippen molar-refractivity contribution in [3.8, 4) is 11.5 Å². The molecule has 3 N–H and O–H groups in total. The van der Waals surface area contributed by atoms with Gasteiger partial charge in [0.1, 0.15) is 11.5 Å². The van der Waals surface area contributed by atoms with E-state index in [1.54, 1.807) is 36.4 Å². The number of carbonyl (C=O) groups is 1. The van der Waals surface area contributed by atoms with Crippen LogP contribution in [0.1, 0.15) is 0 Å². The Morgan fingerprint density at radius 1 is 0.867 bits per heavy atom. The lowest BCUT2D eigenvalue weighted by molar-refractivity contribution is -0.122. The van der Waals surface area contributed by atoms with E-state index in [0.29, 0.717) is 10.8 Å². The normalized spacial score (nSPS) is 9.07. The van der Waals surface area contributed by atoms with Crippen LogP contribution in [-0.4, -0.2) is 21.8 Å². The lowest BCUT2D eigenvalue weighted by atomic mass is 10.1. The van der Waals surface area contributed by atoms with Crippen molar-refractivity contribution in [1.29, 1.82) is 0 Å². The monoisotopic (exact) mass is 206 g/mol. The number of aromatic hydroxyl groups is 2. The fourth-order valence-corrected chi connectivity index (χ4v) is 1.28. The molecule has 78 valence electrons. The standard InChI is InChI=1S/C10H8O2.CH2O2/c11-9-5-1-3-7-8(9)4-2-6-10(7)12;2-1-3/h1-6,11-12H;1H,(H,2,3). The number of benzene rings is 2. The van der Waals surface area contributed by atoms with E-state index in [1.807, 2.05) is 0 Å². The number of carboxylic acid groups (broad SMARTS) is 1. The molecular formula is C11H10O4. The SMILES string of the molecule is O=CO.Oc1cccc2c(O)cccc12. The van der Waals surface area contributed by atoms with Gasteiger partial charge in [-0.05, 0) is 12.1 Å². The van der Waals surface area contributed by atoms with Crippen molar-refractivity contribution in [3.05, 3.63) is 36.4 Å². The number of rotatable bonds is 0. The minimum atomic E-state index is -0.250. The van der Waals surface area contributed by atoms with Crippen molar-refractivity contribution < 1.29 is 20.1 Å². The van der Waals surface area contributed by atoms with Crippen molar-refractivity contribution in [3.63, 3.8) is 0 Å². The zero-order valence-corrected chi connectivity index (χ0v) is 7.79. The van der Waals surface area contributed by atoms with Gasteiger partial charge in [-0.2, -0.15) is 0 Å². The summed E-state index contributed by atoms with van der Waals surface area (Å²) in [5, 5.41) is 27.0. The zero-order chi connectivity index (χ0) is 11.3. The third-order valence-electron chi connectivity index (χ3n) is 1.88. The van der Waals surface area contributed by atoms with E-state index in [2.05, 4.69) is 0 Å². The van der Waals surface area contributed by atoms with Crippen molar-refractivity contribution in [2.24, 2.45) is 0 Å². The van der Waals surface area contributed by atoms with Gasteiger partial charge in [-0.25, -0.2) is 0 Å².